The zero-order valence-corrected chi connectivity index (χ0v) is 13.0. The fourth-order valence-corrected chi connectivity index (χ4v) is 2.15. The number of carboxylic acid groups (broad SMARTS) is 1. The third-order valence-corrected chi connectivity index (χ3v) is 3.34. The lowest BCUT2D eigenvalue weighted by molar-refractivity contribution is -0.137. The number of halogens is 1. The summed E-state index contributed by atoms with van der Waals surface area (Å²) in [5, 5.41) is 9.14. The molecule has 0 aliphatic heterocycles. The predicted octanol–water partition coefficient (Wildman–Crippen LogP) is 2.95. The number of carboxylic acids is 1. The number of ether oxygens (including phenoxy) is 1. The third kappa shape index (κ3) is 6.04. The number of rotatable bonds is 8. The molecular formula is C15H20ClNO4. The van der Waals surface area contributed by atoms with Crippen LogP contribution in [-0.4, -0.2) is 36.0 Å². The highest BCUT2D eigenvalue weighted by molar-refractivity contribution is 6.30. The van der Waals surface area contributed by atoms with Crippen LogP contribution in [0.3, 0.4) is 0 Å². The molecule has 0 radical (unpaired) electrons. The molecule has 5 nitrogen and oxygen atoms in total. The number of amides is 1. The summed E-state index contributed by atoms with van der Waals surface area (Å²) in [7, 11) is 3.28. The molecule has 6 heteroatoms. The van der Waals surface area contributed by atoms with Gasteiger partial charge in [-0.2, -0.15) is 0 Å². The Labute approximate surface area is 129 Å². The van der Waals surface area contributed by atoms with Crippen molar-refractivity contribution < 1.29 is 19.4 Å². The normalized spacial score (nSPS) is 10.2. The first kappa shape index (κ1) is 17.3. The Morgan fingerprint density at radius 1 is 1.29 bits per heavy atom. The molecule has 0 aliphatic rings. The van der Waals surface area contributed by atoms with Gasteiger partial charge < -0.3 is 14.7 Å². The molecule has 1 N–H and O–H groups in total. The summed E-state index contributed by atoms with van der Waals surface area (Å²) in [5.41, 5.74) is 0.839. The van der Waals surface area contributed by atoms with Crippen molar-refractivity contribution >= 4 is 23.5 Å². The van der Waals surface area contributed by atoms with Crippen LogP contribution in [0.15, 0.2) is 18.2 Å². The molecule has 0 fully saturated rings. The second-order valence-electron chi connectivity index (χ2n) is 4.81. The number of hydrogen-bond donors (Lipinski definition) is 1. The topological polar surface area (TPSA) is 66.8 Å². The van der Waals surface area contributed by atoms with E-state index >= 15 is 0 Å². The highest BCUT2D eigenvalue weighted by atomic mass is 35.5. The quantitative estimate of drug-likeness (QED) is 0.749. The fraction of sp³-hybridized carbons (Fsp3) is 0.467. The van der Waals surface area contributed by atoms with Crippen molar-refractivity contribution in [3.8, 4) is 5.75 Å². The number of carbonyl (C=O) groups is 2. The molecular weight excluding hydrogens is 294 g/mol. The fourth-order valence-electron chi connectivity index (χ4n) is 1.96. The summed E-state index contributed by atoms with van der Waals surface area (Å²) in [6.07, 6.45) is 1.52. The van der Waals surface area contributed by atoms with Gasteiger partial charge in [-0.05, 0) is 31.0 Å². The smallest absolute Gasteiger partial charge is 0.303 e. The van der Waals surface area contributed by atoms with Gasteiger partial charge in [-0.3, -0.25) is 9.59 Å². The Hall–Kier alpha value is -1.75. The van der Waals surface area contributed by atoms with E-state index in [9.17, 15) is 9.59 Å². The molecule has 0 heterocycles. The highest BCUT2D eigenvalue weighted by Gasteiger charge is 2.12. The maximum Gasteiger partial charge on any atom is 0.303 e. The molecule has 0 aromatic heterocycles. The molecule has 0 aliphatic carbocycles. The Balaban J connectivity index is 2.52. The van der Waals surface area contributed by atoms with Crippen LogP contribution < -0.4 is 4.74 Å². The zero-order valence-electron chi connectivity index (χ0n) is 12.3. The molecule has 21 heavy (non-hydrogen) atoms. The largest absolute Gasteiger partial charge is 0.496 e. The second kappa shape index (κ2) is 8.52. The molecule has 1 aromatic carbocycles. The van der Waals surface area contributed by atoms with Crippen molar-refractivity contribution in [2.75, 3.05) is 14.2 Å². The number of aliphatic carboxylic acids is 1. The van der Waals surface area contributed by atoms with Crippen molar-refractivity contribution in [3.63, 3.8) is 0 Å². The molecule has 0 unspecified atom stereocenters. The number of methoxy groups -OCH3 is 1. The summed E-state index contributed by atoms with van der Waals surface area (Å²) in [6.45, 7) is 0.404. The van der Waals surface area contributed by atoms with E-state index in [1.807, 2.05) is 0 Å². The number of benzene rings is 1. The lowest BCUT2D eigenvalue weighted by Crippen LogP contribution is -2.26. The van der Waals surface area contributed by atoms with Crippen molar-refractivity contribution in [2.24, 2.45) is 0 Å². The lowest BCUT2D eigenvalue weighted by atomic mass is 10.1. The monoisotopic (exact) mass is 313 g/mol. The van der Waals surface area contributed by atoms with Crippen molar-refractivity contribution in [1.29, 1.82) is 0 Å². The van der Waals surface area contributed by atoms with Crippen LogP contribution in [0.5, 0.6) is 5.75 Å². The van der Waals surface area contributed by atoms with Gasteiger partial charge in [0.05, 0.1) is 7.11 Å². The first-order chi connectivity index (χ1) is 9.93. The van der Waals surface area contributed by atoms with Crippen LogP contribution in [-0.2, 0) is 16.1 Å². The summed E-state index contributed by atoms with van der Waals surface area (Å²) in [6, 6.07) is 5.27. The Morgan fingerprint density at radius 3 is 2.57 bits per heavy atom. The molecule has 1 aromatic rings. The van der Waals surface area contributed by atoms with Gasteiger partial charge in [-0.15, -0.1) is 0 Å². The minimum absolute atomic E-state index is 0.0255. The average Bonchev–Trinajstić information content (AvgIpc) is 2.43. The van der Waals surface area contributed by atoms with Gasteiger partial charge in [0.25, 0.3) is 0 Å². The van der Waals surface area contributed by atoms with Gasteiger partial charge in [-0.25, -0.2) is 0 Å². The van der Waals surface area contributed by atoms with Crippen LogP contribution >= 0.6 is 11.6 Å². The van der Waals surface area contributed by atoms with Crippen molar-refractivity contribution in [2.45, 2.75) is 32.2 Å². The molecule has 1 rings (SSSR count). The molecule has 0 bridgehead atoms. The lowest BCUT2D eigenvalue weighted by Gasteiger charge is -2.19. The summed E-state index contributed by atoms with van der Waals surface area (Å²) in [4.78, 5) is 24.0. The van der Waals surface area contributed by atoms with Crippen LogP contribution in [0.1, 0.15) is 31.2 Å². The van der Waals surface area contributed by atoms with Crippen molar-refractivity contribution in [3.05, 3.63) is 28.8 Å². The average molecular weight is 314 g/mol. The molecule has 0 saturated heterocycles. The van der Waals surface area contributed by atoms with E-state index < -0.39 is 5.97 Å². The minimum Gasteiger partial charge on any atom is -0.496 e. The van der Waals surface area contributed by atoms with Gasteiger partial charge >= 0.3 is 5.97 Å². The first-order valence-electron chi connectivity index (χ1n) is 6.72. The van der Waals surface area contributed by atoms with E-state index in [4.69, 9.17) is 21.4 Å². The maximum absolute atomic E-state index is 12.0. The number of nitrogens with zero attached hydrogens (tertiary/aromatic N) is 1. The molecule has 116 valence electrons. The van der Waals surface area contributed by atoms with Gasteiger partial charge in [-0.1, -0.05) is 11.6 Å². The van der Waals surface area contributed by atoms with Crippen LogP contribution in [0.25, 0.3) is 0 Å². The van der Waals surface area contributed by atoms with Crippen LogP contribution in [0, 0.1) is 0 Å². The minimum atomic E-state index is -0.834. The van der Waals surface area contributed by atoms with E-state index in [1.54, 1.807) is 37.3 Å². The van der Waals surface area contributed by atoms with E-state index in [0.29, 0.717) is 36.6 Å². The summed E-state index contributed by atoms with van der Waals surface area (Å²) < 4.78 is 5.24. The summed E-state index contributed by atoms with van der Waals surface area (Å²) in [5.74, 6) is -0.174. The Kier molecular flexibility index (Phi) is 7.02. The first-order valence-corrected chi connectivity index (χ1v) is 7.10. The van der Waals surface area contributed by atoms with Crippen molar-refractivity contribution in [1.82, 2.24) is 4.90 Å². The molecule has 0 saturated carbocycles. The van der Waals surface area contributed by atoms with Gasteiger partial charge in [0, 0.05) is 37.0 Å². The standard InChI is InChI=1S/C15H20ClNO4/c1-17(14(18)5-3-4-6-15(19)20)10-11-9-12(16)7-8-13(11)21-2/h7-9H,3-6,10H2,1-2H3,(H,19,20). The maximum atomic E-state index is 12.0. The van der Waals surface area contributed by atoms with E-state index in [2.05, 4.69) is 0 Å². The number of unbranched alkanes of at least 4 members (excludes halogenated alkanes) is 1. The Bertz CT molecular complexity index is 504. The number of hydrogen-bond acceptors (Lipinski definition) is 3. The highest BCUT2D eigenvalue weighted by Crippen LogP contribution is 2.24. The molecule has 1 amide bonds. The van der Waals surface area contributed by atoms with Crippen LogP contribution in [0.2, 0.25) is 5.02 Å². The molecule has 0 atom stereocenters. The van der Waals surface area contributed by atoms with Crippen LogP contribution in [0.4, 0.5) is 0 Å². The van der Waals surface area contributed by atoms with Gasteiger partial charge in [0.15, 0.2) is 0 Å². The van der Waals surface area contributed by atoms with E-state index in [0.717, 1.165) is 5.56 Å². The van der Waals surface area contributed by atoms with E-state index in [-0.39, 0.29) is 12.3 Å². The zero-order chi connectivity index (χ0) is 15.8. The van der Waals surface area contributed by atoms with Gasteiger partial charge in [0.1, 0.15) is 5.75 Å². The molecule has 0 spiro atoms. The predicted molar refractivity (Wildman–Crippen MR) is 80.6 cm³/mol. The van der Waals surface area contributed by atoms with E-state index in [1.165, 1.54) is 0 Å². The SMILES string of the molecule is COc1ccc(Cl)cc1CN(C)C(=O)CCCCC(=O)O. The second-order valence-corrected chi connectivity index (χ2v) is 5.24. The Morgan fingerprint density at radius 2 is 1.95 bits per heavy atom. The number of carbonyl (C=O) groups excluding carboxylic acids is 1. The third-order valence-electron chi connectivity index (χ3n) is 3.11. The van der Waals surface area contributed by atoms with Gasteiger partial charge in [0.2, 0.25) is 5.91 Å². The summed E-state index contributed by atoms with van der Waals surface area (Å²) >= 11 is 5.95.